The van der Waals surface area contributed by atoms with Crippen molar-refractivity contribution in [1.29, 1.82) is 0 Å². The van der Waals surface area contributed by atoms with Gasteiger partial charge >= 0.3 is 0 Å². The first-order chi connectivity index (χ1) is 9.12. The van der Waals surface area contributed by atoms with Crippen molar-refractivity contribution in [2.24, 2.45) is 0 Å². The van der Waals surface area contributed by atoms with Gasteiger partial charge in [-0.05, 0) is 32.6 Å². The second-order valence-corrected chi connectivity index (χ2v) is 6.45. The second kappa shape index (κ2) is 8.26. The fraction of sp³-hybridized carbons (Fsp3) is 1.00. The minimum Gasteiger partial charge on any atom is -0.308 e. The van der Waals surface area contributed by atoms with Crippen LogP contribution in [0.2, 0.25) is 0 Å². The summed E-state index contributed by atoms with van der Waals surface area (Å²) in [6, 6.07) is 1.49. The van der Waals surface area contributed by atoms with E-state index in [1.54, 1.807) is 0 Å². The number of hydrogen-bond donors (Lipinski definition) is 1. The van der Waals surface area contributed by atoms with Crippen LogP contribution in [0.4, 0.5) is 0 Å². The minimum atomic E-state index is 0.366. The van der Waals surface area contributed by atoms with Crippen molar-refractivity contribution in [3.05, 3.63) is 0 Å². The van der Waals surface area contributed by atoms with Crippen molar-refractivity contribution in [3.63, 3.8) is 0 Å². The van der Waals surface area contributed by atoms with Crippen LogP contribution in [0.25, 0.3) is 0 Å². The predicted octanol–water partition coefficient (Wildman–Crippen LogP) is 4.20. The van der Waals surface area contributed by atoms with Crippen LogP contribution < -0.4 is 5.32 Å². The fourth-order valence-corrected chi connectivity index (χ4v) is 3.46. The van der Waals surface area contributed by atoms with E-state index in [0.717, 1.165) is 12.1 Å². The molecule has 2 atom stereocenters. The van der Waals surface area contributed by atoms with Crippen LogP contribution in [0, 0.1) is 0 Å². The molecule has 0 radical (unpaired) electrons. The van der Waals surface area contributed by atoms with Crippen LogP contribution in [0.3, 0.4) is 0 Å². The van der Waals surface area contributed by atoms with E-state index in [0.29, 0.717) is 5.54 Å². The predicted molar refractivity (Wildman–Crippen MR) is 85.7 cm³/mol. The summed E-state index contributed by atoms with van der Waals surface area (Å²) in [6.07, 6.45) is 9.25. The van der Waals surface area contributed by atoms with Crippen molar-refractivity contribution in [2.75, 3.05) is 13.1 Å². The lowest BCUT2D eigenvalue weighted by Crippen LogP contribution is -2.65. The second-order valence-electron chi connectivity index (χ2n) is 6.45. The van der Waals surface area contributed by atoms with Gasteiger partial charge in [0.05, 0.1) is 0 Å². The lowest BCUT2D eigenvalue weighted by Gasteiger charge is -2.50. The van der Waals surface area contributed by atoms with E-state index >= 15 is 0 Å². The molecule has 1 heterocycles. The zero-order chi connectivity index (χ0) is 14.3. The van der Waals surface area contributed by atoms with Crippen molar-refractivity contribution in [2.45, 2.75) is 97.2 Å². The van der Waals surface area contributed by atoms with Gasteiger partial charge in [-0.2, -0.15) is 0 Å². The van der Waals surface area contributed by atoms with E-state index in [2.05, 4.69) is 44.8 Å². The average molecular weight is 268 g/mol. The number of nitrogens with zero attached hydrogens (tertiary/aromatic N) is 1. The standard InChI is InChI=1S/C17H36N2/c1-6-10-11-12-15(5)19-14-17(8-3,9-4)18-13-16(19)7-2/h15-16,18H,6-14H2,1-5H3. The van der Waals surface area contributed by atoms with Crippen molar-refractivity contribution < 1.29 is 0 Å². The highest BCUT2D eigenvalue weighted by atomic mass is 15.3. The molecule has 2 nitrogen and oxygen atoms in total. The first-order valence-corrected chi connectivity index (χ1v) is 8.63. The average Bonchev–Trinajstić information content (AvgIpc) is 2.46. The number of hydrogen-bond acceptors (Lipinski definition) is 2. The SMILES string of the molecule is CCCCCC(C)N1CC(CC)(CC)NCC1CC. The molecule has 0 aromatic heterocycles. The molecule has 19 heavy (non-hydrogen) atoms. The van der Waals surface area contributed by atoms with Gasteiger partial charge in [-0.1, -0.05) is 47.0 Å². The third-order valence-corrected chi connectivity index (χ3v) is 5.28. The third-order valence-electron chi connectivity index (χ3n) is 5.28. The molecule has 0 saturated carbocycles. The maximum Gasteiger partial charge on any atom is 0.0304 e. The molecule has 1 aliphatic rings. The van der Waals surface area contributed by atoms with E-state index in [1.807, 2.05) is 0 Å². The Bertz CT molecular complexity index is 235. The summed E-state index contributed by atoms with van der Waals surface area (Å²) < 4.78 is 0. The Morgan fingerprint density at radius 3 is 2.37 bits per heavy atom. The van der Waals surface area contributed by atoms with Gasteiger partial charge in [-0.15, -0.1) is 0 Å². The van der Waals surface area contributed by atoms with E-state index in [-0.39, 0.29) is 0 Å². The van der Waals surface area contributed by atoms with Crippen LogP contribution in [-0.4, -0.2) is 35.6 Å². The first kappa shape index (κ1) is 17.0. The molecule has 1 aliphatic heterocycles. The molecule has 0 aliphatic carbocycles. The van der Waals surface area contributed by atoms with Crippen molar-refractivity contribution in [1.82, 2.24) is 10.2 Å². The van der Waals surface area contributed by atoms with Gasteiger partial charge in [-0.3, -0.25) is 4.90 Å². The van der Waals surface area contributed by atoms with Gasteiger partial charge in [0.15, 0.2) is 0 Å². The molecule has 0 aromatic rings. The Morgan fingerprint density at radius 1 is 1.16 bits per heavy atom. The summed E-state index contributed by atoms with van der Waals surface area (Å²) in [5, 5.41) is 3.84. The van der Waals surface area contributed by atoms with Gasteiger partial charge in [0.2, 0.25) is 0 Å². The zero-order valence-electron chi connectivity index (χ0n) is 14.0. The Kier molecular flexibility index (Phi) is 7.38. The van der Waals surface area contributed by atoms with E-state index in [1.165, 1.54) is 58.0 Å². The monoisotopic (exact) mass is 268 g/mol. The molecule has 1 fully saturated rings. The summed E-state index contributed by atoms with van der Waals surface area (Å²) in [5.74, 6) is 0. The van der Waals surface area contributed by atoms with Crippen LogP contribution in [-0.2, 0) is 0 Å². The zero-order valence-corrected chi connectivity index (χ0v) is 14.0. The summed E-state index contributed by atoms with van der Waals surface area (Å²) in [7, 11) is 0. The highest BCUT2D eigenvalue weighted by Gasteiger charge is 2.37. The quantitative estimate of drug-likeness (QED) is 0.664. The van der Waals surface area contributed by atoms with Crippen LogP contribution in [0.5, 0.6) is 0 Å². The van der Waals surface area contributed by atoms with Crippen molar-refractivity contribution >= 4 is 0 Å². The Balaban J connectivity index is 2.63. The van der Waals surface area contributed by atoms with E-state index in [9.17, 15) is 0 Å². The fourth-order valence-electron chi connectivity index (χ4n) is 3.46. The van der Waals surface area contributed by atoms with E-state index < -0.39 is 0 Å². The summed E-state index contributed by atoms with van der Waals surface area (Å²) in [6.45, 7) is 14.2. The van der Waals surface area contributed by atoms with Crippen LogP contribution in [0.1, 0.15) is 79.6 Å². The molecule has 0 bridgehead atoms. The highest BCUT2D eigenvalue weighted by molar-refractivity contribution is 4.97. The summed E-state index contributed by atoms with van der Waals surface area (Å²) in [5.41, 5.74) is 0.366. The Morgan fingerprint density at radius 2 is 1.84 bits per heavy atom. The van der Waals surface area contributed by atoms with Gasteiger partial charge in [0.25, 0.3) is 0 Å². The molecule has 2 unspecified atom stereocenters. The van der Waals surface area contributed by atoms with Gasteiger partial charge in [0.1, 0.15) is 0 Å². The molecular formula is C17H36N2. The van der Waals surface area contributed by atoms with Gasteiger partial charge in [0, 0.05) is 30.7 Å². The number of unbranched alkanes of at least 4 members (excludes halogenated alkanes) is 2. The third kappa shape index (κ3) is 4.46. The molecule has 0 spiro atoms. The summed E-state index contributed by atoms with van der Waals surface area (Å²) in [4.78, 5) is 2.80. The Hall–Kier alpha value is -0.0800. The maximum atomic E-state index is 3.84. The molecule has 1 N–H and O–H groups in total. The number of rotatable bonds is 8. The number of nitrogens with one attached hydrogen (secondary N) is 1. The molecule has 1 saturated heterocycles. The van der Waals surface area contributed by atoms with Gasteiger partial charge < -0.3 is 5.32 Å². The van der Waals surface area contributed by atoms with Gasteiger partial charge in [-0.25, -0.2) is 0 Å². The van der Waals surface area contributed by atoms with Crippen LogP contribution in [0.15, 0.2) is 0 Å². The Labute approximate surface area is 121 Å². The molecular weight excluding hydrogens is 232 g/mol. The van der Waals surface area contributed by atoms with E-state index in [4.69, 9.17) is 0 Å². The largest absolute Gasteiger partial charge is 0.308 e. The number of piperazine rings is 1. The molecule has 0 amide bonds. The smallest absolute Gasteiger partial charge is 0.0304 e. The lowest BCUT2D eigenvalue weighted by molar-refractivity contribution is 0.0369. The van der Waals surface area contributed by atoms with Crippen LogP contribution >= 0.6 is 0 Å². The normalized spacial score (nSPS) is 25.4. The molecule has 2 heteroatoms. The molecule has 0 aromatic carbocycles. The first-order valence-electron chi connectivity index (χ1n) is 8.63. The van der Waals surface area contributed by atoms with Crippen molar-refractivity contribution in [3.8, 4) is 0 Å². The highest BCUT2D eigenvalue weighted by Crippen LogP contribution is 2.26. The summed E-state index contributed by atoms with van der Waals surface area (Å²) >= 11 is 0. The minimum absolute atomic E-state index is 0.366. The molecule has 114 valence electrons. The maximum absolute atomic E-state index is 3.84. The topological polar surface area (TPSA) is 15.3 Å². The molecule has 1 rings (SSSR count). The lowest BCUT2D eigenvalue weighted by atomic mass is 9.87.